The van der Waals surface area contributed by atoms with E-state index in [0.717, 1.165) is 17.5 Å². The molecule has 0 radical (unpaired) electrons. The Bertz CT molecular complexity index is 919. The van der Waals surface area contributed by atoms with E-state index in [1.807, 2.05) is 73.6 Å². The summed E-state index contributed by atoms with van der Waals surface area (Å²) in [6.07, 6.45) is -0.587. The molecule has 1 heterocycles. The van der Waals surface area contributed by atoms with Gasteiger partial charge in [-0.25, -0.2) is 0 Å². The highest BCUT2D eigenvalue weighted by Gasteiger charge is 2.20. The van der Waals surface area contributed by atoms with Gasteiger partial charge in [-0.15, -0.1) is 0 Å². The summed E-state index contributed by atoms with van der Waals surface area (Å²) in [5.74, 6) is 0.896. The lowest BCUT2D eigenvalue weighted by Gasteiger charge is -2.16. The quantitative estimate of drug-likeness (QED) is 0.378. The molecule has 29 heavy (non-hydrogen) atoms. The lowest BCUT2D eigenvalue weighted by molar-refractivity contribution is -0.151. The molecule has 0 aliphatic heterocycles. The summed E-state index contributed by atoms with van der Waals surface area (Å²) in [6.45, 7) is 3.43. The van der Waals surface area contributed by atoms with Crippen LogP contribution in [0.2, 0.25) is 0 Å². The van der Waals surface area contributed by atoms with Gasteiger partial charge < -0.3 is 23.5 Å². The number of hydrogen-bond donors (Lipinski definition) is 0. The first-order chi connectivity index (χ1) is 14.0. The molecule has 1 unspecified atom stereocenters. The fourth-order valence-electron chi connectivity index (χ4n) is 2.83. The van der Waals surface area contributed by atoms with Crippen LogP contribution in [0, 0.1) is 0 Å². The number of carbonyl (C=O) groups excluding carboxylic acids is 1. The zero-order valence-corrected chi connectivity index (χ0v) is 17.1. The van der Waals surface area contributed by atoms with Gasteiger partial charge in [0.1, 0.15) is 23.7 Å². The van der Waals surface area contributed by atoms with Crippen LogP contribution in [0.15, 0.2) is 59.0 Å². The Morgan fingerprint density at radius 2 is 1.90 bits per heavy atom. The van der Waals surface area contributed by atoms with Crippen LogP contribution in [0.1, 0.15) is 24.4 Å². The summed E-state index contributed by atoms with van der Waals surface area (Å²) >= 11 is 0. The molecule has 1 aromatic heterocycles. The van der Waals surface area contributed by atoms with Crippen molar-refractivity contribution in [1.29, 1.82) is 0 Å². The number of likely N-dealkylation sites (N-methyl/N-ethyl adjacent to an activating group) is 1. The average molecular weight is 397 g/mol. The summed E-state index contributed by atoms with van der Waals surface area (Å²) in [5, 5.41) is 0.914. The first-order valence-corrected chi connectivity index (χ1v) is 9.61. The Kier molecular flexibility index (Phi) is 7.27. The predicted molar refractivity (Wildman–Crippen MR) is 111 cm³/mol. The Morgan fingerprint density at radius 3 is 2.62 bits per heavy atom. The zero-order valence-electron chi connectivity index (χ0n) is 17.1. The Hall–Kier alpha value is -2.83. The normalized spacial score (nSPS) is 12.3. The van der Waals surface area contributed by atoms with Crippen molar-refractivity contribution in [3.05, 3.63) is 65.9 Å². The topological polar surface area (TPSA) is 61.1 Å². The molecule has 154 valence electrons. The third kappa shape index (κ3) is 6.34. The van der Waals surface area contributed by atoms with E-state index in [4.69, 9.17) is 18.6 Å². The molecule has 0 saturated carbocycles. The predicted octanol–water partition coefficient (Wildman–Crippen LogP) is 4.19. The molecular weight excluding hydrogens is 370 g/mol. The summed E-state index contributed by atoms with van der Waals surface area (Å²) < 4.78 is 22.9. The molecule has 0 saturated heterocycles. The van der Waals surface area contributed by atoms with E-state index in [2.05, 4.69) is 0 Å². The van der Waals surface area contributed by atoms with E-state index in [9.17, 15) is 4.79 Å². The van der Waals surface area contributed by atoms with Gasteiger partial charge in [0.05, 0.1) is 13.2 Å². The average Bonchev–Trinajstić information content (AvgIpc) is 3.12. The molecule has 6 nitrogen and oxygen atoms in total. The van der Waals surface area contributed by atoms with Crippen LogP contribution < -0.4 is 4.74 Å². The molecule has 0 bridgehead atoms. The molecule has 1 atom stereocenters. The summed E-state index contributed by atoms with van der Waals surface area (Å²) in [5.41, 5.74) is 1.77. The molecule has 3 aromatic rings. The van der Waals surface area contributed by atoms with E-state index in [0.29, 0.717) is 30.3 Å². The van der Waals surface area contributed by atoms with Gasteiger partial charge in [-0.3, -0.25) is 4.79 Å². The number of fused-ring (bicyclic) bond motifs is 1. The molecule has 0 N–H and O–H groups in total. The van der Waals surface area contributed by atoms with Gasteiger partial charge in [0.2, 0.25) is 0 Å². The number of carbonyl (C=O) groups is 1. The molecular formula is C23H27NO5. The van der Waals surface area contributed by atoms with E-state index in [1.54, 1.807) is 0 Å². The summed E-state index contributed by atoms with van der Waals surface area (Å²) in [6, 6.07) is 17.5. The van der Waals surface area contributed by atoms with Crippen LogP contribution >= 0.6 is 0 Å². The number of furan rings is 1. The Balaban J connectivity index is 1.69. The zero-order chi connectivity index (χ0) is 20.6. The van der Waals surface area contributed by atoms with Crippen molar-refractivity contribution in [1.82, 2.24) is 4.90 Å². The third-order valence-corrected chi connectivity index (χ3v) is 4.34. The lowest BCUT2D eigenvalue weighted by Crippen LogP contribution is -2.21. The van der Waals surface area contributed by atoms with Crippen LogP contribution in [0.25, 0.3) is 11.0 Å². The van der Waals surface area contributed by atoms with Gasteiger partial charge in [0.15, 0.2) is 6.10 Å². The highest BCUT2D eigenvalue weighted by molar-refractivity contribution is 5.79. The largest absolute Gasteiger partial charge is 0.489 e. The van der Waals surface area contributed by atoms with Crippen LogP contribution in [0.4, 0.5) is 0 Å². The van der Waals surface area contributed by atoms with Crippen LogP contribution in [-0.4, -0.2) is 44.7 Å². The van der Waals surface area contributed by atoms with Gasteiger partial charge in [-0.1, -0.05) is 30.3 Å². The fraction of sp³-hybridized carbons (Fsp3) is 0.348. The molecule has 2 aromatic carbocycles. The standard InChI is InChI=1S/C23H27NO5/c1-17(25)28-23(16-26-12-11-24(2)3)22-13-19-9-10-20(14-21(19)29-22)27-15-18-7-5-4-6-8-18/h4-10,13-14,23H,11-12,15-16H2,1-3H3. The van der Waals surface area contributed by atoms with E-state index < -0.39 is 6.10 Å². The number of nitrogens with zero attached hydrogens (tertiary/aromatic N) is 1. The smallest absolute Gasteiger partial charge is 0.303 e. The molecule has 3 rings (SSSR count). The van der Waals surface area contributed by atoms with E-state index in [-0.39, 0.29) is 12.6 Å². The highest BCUT2D eigenvalue weighted by atomic mass is 16.6. The van der Waals surface area contributed by atoms with Crippen LogP contribution in [-0.2, 0) is 20.9 Å². The molecule has 0 aliphatic rings. The van der Waals surface area contributed by atoms with Gasteiger partial charge in [0.25, 0.3) is 0 Å². The van der Waals surface area contributed by atoms with Crippen molar-refractivity contribution in [2.24, 2.45) is 0 Å². The first-order valence-electron chi connectivity index (χ1n) is 9.61. The second-order valence-corrected chi connectivity index (χ2v) is 7.10. The Morgan fingerprint density at radius 1 is 1.10 bits per heavy atom. The van der Waals surface area contributed by atoms with Gasteiger partial charge in [-0.05, 0) is 37.9 Å². The minimum absolute atomic E-state index is 0.241. The summed E-state index contributed by atoms with van der Waals surface area (Å²) in [4.78, 5) is 13.5. The van der Waals surface area contributed by atoms with Crippen LogP contribution in [0.3, 0.4) is 0 Å². The molecule has 6 heteroatoms. The monoisotopic (exact) mass is 397 g/mol. The van der Waals surface area contributed by atoms with E-state index in [1.165, 1.54) is 6.92 Å². The fourth-order valence-corrected chi connectivity index (χ4v) is 2.83. The minimum Gasteiger partial charge on any atom is -0.489 e. The van der Waals surface area contributed by atoms with E-state index >= 15 is 0 Å². The minimum atomic E-state index is -0.587. The first kappa shape index (κ1) is 20.9. The van der Waals surface area contributed by atoms with Crippen molar-refractivity contribution >= 4 is 16.9 Å². The number of esters is 1. The van der Waals surface area contributed by atoms with Gasteiger partial charge in [0, 0.05) is 24.9 Å². The van der Waals surface area contributed by atoms with Crippen molar-refractivity contribution < 1.29 is 23.4 Å². The summed E-state index contributed by atoms with van der Waals surface area (Å²) in [7, 11) is 3.95. The van der Waals surface area contributed by atoms with Gasteiger partial charge in [-0.2, -0.15) is 0 Å². The van der Waals surface area contributed by atoms with Crippen molar-refractivity contribution in [3.63, 3.8) is 0 Å². The molecule has 0 spiro atoms. The highest BCUT2D eigenvalue weighted by Crippen LogP contribution is 2.29. The molecule has 0 fully saturated rings. The second-order valence-electron chi connectivity index (χ2n) is 7.10. The van der Waals surface area contributed by atoms with Crippen LogP contribution in [0.5, 0.6) is 5.75 Å². The number of rotatable bonds is 10. The number of ether oxygens (including phenoxy) is 3. The maximum Gasteiger partial charge on any atom is 0.303 e. The lowest BCUT2D eigenvalue weighted by atomic mass is 10.2. The van der Waals surface area contributed by atoms with Crippen molar-refractivity contribution in [2.45, 2.75) is 19.6 Å². The third-order valence-electron chi connectivity index (χ3n) is 4.34. The van der Waals surface area contributed by atoms with Crippen molar-refractivity contribution in [3.8, 4) is 5.75 Å². The molecule has 0 amide bonds. The number of benzene rings is 2. The number of hydrogen-bond acceptors (Lipinski definition) is 6. The SMILES string of the molecule is CC(=O)OC(COCCN(C)C)c1cc2ccc(OCc3ccccc3)cc2o1. The maximum atomic E-state index is 11.5. The van der Waals surface area contributed by atoms with Gasteiger partial charge >= 0.3 is 5.97 Å². The second kappa shape index (κ2) is 10.1. The Labute approximate surface area is 171 Å². The van der Waals surface area contributed by atoms with Crippen molar-refractivity contribution in [2.75, 3.05) is 33.9 Å². The maximum absolute atomic E-state index is 11.5. The molecule has 0 aliphatic carbocycles.